The topological polar surface area (TPSA) is 49.4 Å². The van der Waals surface area contributed by atoms with Gasteiger partial charge in [-0.15, -0.1) is 0 Å². The van der Waals surface area contributed by atoms with E-state index >= 15 is 0 Å². The van der Waals surface area contributed by atoms with E-state index in [1.54, 1.807) is 11.8 Å². The zero-order chi connectivity index (χ0) is 16.4. The van der Waals surface area contributed by atoms with Crippen molar-refractivity contribution in [3.8, 4) is 0 Å². The Kier molecular flexibility index (Phi) is 8.26. The Morgan fingerprint density at radius 2 is 1.86 bits per heavy atom. The van der Waals surface area contributed by atoms with E-state index in [9.17, 15) is 9.59 Å². The lowest BCUT2D eigenvalue weighted by atomic mass is 10.1. The average Bonchev–Trinajstić information content (AvgIpc) is 2.52. The predicted octanol–water partition coefficient (Wildman–Crippen LogP) is 3.29. The molecule has 1 aromatic carbocycles. The lowest BCUT2D eigenvalue weighted by Gasteiger charge is -2.28. The molecule has 1 N–H and O–H groups in total. The van der Waals surface area contributed by atoms with Crippen molar-refractivity contribution in [2.45, 2.75) is 52.5 Å². The van der Waals surface area contributed by atoms with Crippen LogP contribution in [-0.4, -0.2) is 29.8 Å². The van der Waals surface area contributed by atoms with Gasteiger partial charge in [0.05, 0.1) is 6.04 Å². The van der Waals surface area contributed by atoms with Crippen molar-refractivity contribution >= 4 is 11.8 Å². The highest BCUT2D eigenvalue weighted by Crippen LogP contribution is 2.20. The molecule has 0 aromatic heterocycles. The van der Waals surface area contributed by atoms with Crippen LogP contribution in [0, 0.1) is 0 Å². The highest BCUT2D eigenvalue weighted by Gasteiger charge is 2.19. The van der Waals surface area contributed by atoms with E-state index < -0.39 is 0 Å². The number of nitrogens with one attached hydrogen (secondary N) is 1. The van der Waals surface area contributed by atoms with Gasteiger partial charge in [0.2, 0.25) is 11.8 Å². The Hall–Kier alpha value is -1.84. The monoisotopic (exact) mass is 304 g/mol. The van der Waals surface area contributed by atoms with E-state index in [0.717, 1.165) is 31.4 Å². The van der Waals surface area contributed by atoms with Gasteiger partial charge in [0.1, 0.15) is 0 Å². The molecule has 0 saturated carbocycles. The second-order valence-corrected chi connectivity index (χ2v) is 5.61. The molecule has 2 amide bonds. The minimum Gasteiger partial charge on any atom is -0.356 e. The fourth-order valence-electron chi connectivity index (χ4n) is 2.45. The zero-order valence-corrected chi connectivity index (χ0v) is 14.0. The van der Waals surface area contributed by atoms with Crippen molar-refractivity contribution in [2.24, 2.45) is 0 Å². The van der Waals surface area contributed by atoms with Crippen LogP contribution in [0.2, 0.25) is 0 Å². The van der Waals surface area contributed by atoms with Crippen molar-refractivity contribution in [1.29, 1.82) is 0 Å². The number of benzene rings is 1. The standard InChI is InChI=1S/C18H28N2O2/c1-4-5-9-13-19-18(22)12-14-20(16(3)21)15(2)17-10-7-6-8-11-17/h6-8,10-11,15H,4-5,9,12-14H2,1-3H3,(H,19,22). The molecule has 1 rings (SSSR count). The second kappa shape index (κ2) is 9.98. The highest BCUT2D eigenvalue weighted by atomic mass is 16.2. The number of nitrogens with zero attached hydrogens (tertiary/aromatic N) is 1. The van der Waals surface area contributed by atoms with Crippen molar-refractivity contribution in [1.82, 2.24) is 10.2 Å². The van der Waals surface area contributed by atoms with Gasteiger partial charge in [-0.1, -0.05) is 50.1 Å². The molecular weight excluding hydrogens is 276 g/mol. The van der Waals surface area contributed by atoms with E-state index in [0.29, 0.717) is 13.0 Å². The van der Waals surface area contributed by atoms with Crippen LogP contribution >= 0.6 is 0 Å². The van der Waals surface area contributed by atoms with E-state index in [4.69, 9.17) is 0 Å². The third-order valence-electron chi connectivity index (χ3n) is 3.84. The molecule has 4 nitrogen and oxygen atoms in total. The first-order chi connectivity index (χ1) is 10.6. The number of hydrogen-bond acceptors (Lipinski definition) is 2. The van der Waals surface area contributed by atoms with Gasteiger partial charge in [0.15, 0.2) is 0 Å². The summed E-state index contributed by atoms with van der Waals surface area (Å²) < 4.78 is 0. The van der Waals surface area contributed by atoms with Crippen LogP contribution in [0.15, 0.2) is 30.3 Å². The summed E-state index contributed by atoms with van der Waals surface area (Å²) in [5.74, 6) is 0.0118. The molecule has 0 fully saturated rings. The molecular formula is C18H28N2O2. The molecule has 122 valence electrons. The fraction of sp³-hybridized carbons (Fsp3) is 0.556. The summed E-state index contributed by atoms with van der Waals surface area (Å²) in [6.45, 7) is 6.86. The van der Waals surface area contributed by atoms with Gasteiger partial charge in [-0.2, -0.15) is 0 Å². The zero-order valence-electron chi connectivity index (χ0n) is 14.0. The molecule has 1 aromatic rings. The van der Waals surface area contributed by atoms with Crippen molar-refractivity contribution in [3.63, 3.8) is 0 Å². The maximum absolute atomic E-state index is 11.9. The second-order valence-electron chi connectivity index (χ2n) is 5.61. The van der Waals surface area contributed by atoms with Crippen molar-refractivity contribution in [3.05, 3.63) is 35.9 Å². The van der Waals surface area contributed by atoms with Crippen LogP contribution in [0.4, 0.5) is 0 Å². The molecule has 22 heavy (non-hydrogen) atoms. The summed E-state index contributed by atoms with van der Waals surface area (Å²) in [7, 11) is 0. The normalized spacial score (nSPS) is 11.8. The molecule has 0 aliphatic rings. The van der Waals surface area contributed by atoms with Crippen LogP contribution in [-0.2, 0) is 9.59 Å². The smallest absolute Gasteiger partial charge is 0.221 e. The van der Waals surface area contributed by atoms with E-state index in [1.165, 1.54) is 0 Å². The number of carbonyl (C=O) groups excluding carboxylic acids is 2. The molecule has 0 aliphatic heterocycles. The van der Waals surface area contributed by atoms with E-state index in [1.807, 2.05) is 37.3 Å². The van der Waals surface area contributed by atoms with Gasteiger partial charge in [-0.25, -0.2) is 0 Å². The van der Waals surface area contributed by atoms with Gasteiger partial charge in [0.25, 0.3) is 0 Å². The maximum atomic E-state index is 11.9. The lowest BCUT2D eigenvalue weighted by molar-refractivity contribution is -0.131. The molecule has 0 bridgehead atoms. The van der Waals surface area contributed by atoms with E-state index in [2.05, 4.69) is 12.2 Å². The summed E-state index contributed by atoms with van der Waals surface area (Å²) in [5, 5.41) is 2.91. The molecule has 4 heteroatoms. The molecule has 0 saturated heterocycles. The lowest BCUT2D eigenvalue weighted by Crippen LogP contribution is -2.35. The number of amides is 2. The largest absolute Gasteiger partial charge is 0.356 e. The number of carbonyl (C=O) groups is 2. The summed E-state index contributed by atoms with van der Waals surface area (Å²) in [6, 6.07) is 9.87. The highest BCUT2D eigenvalue weighted by molar-refractivity contribution is 5.78. The summed E-state index contributed by atoms with van der Waals surface area (Å²) in [4.78, 5) is 25.5. The van der Waals surface area contributed by atoms with Crippen LogP contribution in [0.25, 0.3) is 0 Å². The third-order valence-corrected chi connectivity index (χ3v) is 3.84. The van der Waals surface area contributed by atoms with E-state index in [-0.39, 0.29) is 17.9 Å². The van der Waals surface area contributed by atoms with Gasteiger partial charge in [-0.05, 0) is 18.9 Å². The van der Waals surface area contributed by atoms with Crippen LogP contribution in [0.3, 0.4) is 0 Å². The summed E-state index contributed by atoms with van der Waals surface area (Å²) >= 11 is 0. The SMILES string of the molecule is CCCCCNC(=O)CCN(C(C)=O)C(C)c1ccccc1. The quantitative estimate of drug-likeness (QED) is 0.712. The Bertz CT molecular complexity index is 459. The first kappa shape index (κ1) is 18.2. The molecule has 0 heterocycles. The molecule has 0 spiro atoms. The maximum Gasteiger partial charge on any atom is 0.221 e. The first-order valence-corrected chi connectivity index (χ1v) is 8.15. The van der Waals surface area contributed by atoms with Gasteiger partial charge in [-0.3, -0.25) is 9.59 Å². The molecule has 0 radical (unpaired) electrons. The van der Waals surface area contributed by atoms with Gasteiger partial charge in [0, 0.05) is 26.4 Å². The Balaban J connectivity index is 2.48. The Morgan fingerprint density at radius 1 is 1.18 bits per heavy atom. The third kappa shape index (κ3) is 6.29. The summed E-state index contributed by atoms with van der Waals surface area (Å²) in [6.07, 6.45) is 3.63. The Morgan fingerprint density at radius 3 is 2.45 bits per heavy atom. The predicted molar refractivity (Wildman–Crippen MR) is 89.4 cm³/mol. The fourth-order valence-corrected chi connectivity index (χ4v) is 2.45. The van der Waals surface area contributed by atoms with Gasteiger partial charge >= 0.3 is 0 Å². The van der Waals surface area contributed by atoms with Crippen molar-refractivity contribution < 1.29 is 9.59 Å². The number of unbranched alkanes of at least 4 members (excludes halogenated alkanes) is 2. The van der Waals surface area contributed by atoms with Crippen molar-refractivity contribution in [2.75, 3.05) is 13.1 Å². The average molecular weight is 304 g/mol. The minimum atomic E-state index is -0.0217. The van der Waals surface area contributed by atoms with Crippen LogP contribution in [0.5, 0.6) is 0 Å². The van der Waals surface area contributed by atoms with Gasteiger partial charge < -0.3 is 10.2 Å². The molecule has 1 unspecified atom stereocenters. The van der Waals surface area contributed by atoms with Crippen LogP contribution in [0.1, 0.15) is 58.1 Å². The molecule has 0 aliphatic carbocycles. The summed E-state index contributed by atoms with van der Waals surface area (Å²) in [5.41, 5.74) is 1.08. The first-order valence-electron chi connectivity index (χ1n) is 8.15. The van der Waals surface area contributed by atoms with Crippen LogP contribution < -0.4 is 5.32 Å². The number of hydrogen-bond donors (Lipinski definition) is 1. The number of rotatable bonds is 9. The minimum absolute atomic E-state index is 0.00450. The Labute approximate surface area is 133 Å². The molecule has 1 atom stereocenters.